The lowest BCUT2D eigenvalue weighted by molar-refractivity contribution is -0.173. The van der Waals surface area contributed by atoms with Crippen LogP contribution in [-0.4, -0.2) is 36.1 Å². The standard InChI is InChI=1S/C26H26F3N5O3S/c1-13-4-6-15-16(11-30)25(38-21(15)8-13)33-24(35)17-12-31-34-22(26(27,28)29)10-18(32-23(17)34)14-5-7-19(36-2)20(9-14)37-3/h5,7,9,12-13,18,22,32H,4,6,8,10H2,1-3H3,(H,33,35)/t13-,18+,22+/m1/s1. The summed E-state index contributed by atoms with van der Waals surface area (Å²) < 4.78 is 53.8. The Balaban J connectivity index is 1.49. The Labute approximate surface area is 221 Å². The van der Waals surface area contributed by atoms with Gasteiger partial charge in [0, 0.05) is 11.3 Å². The number of nitrogens with zero attached hydrogens (tertiary/aromatic N) is 3. The van der Waals surface area contributed by atoms with Crippen molar-refractivity contribution in [3.63, 3.8) is 0 Å². The van der Waals surface area contributed by atoms with Crippen LogP contribution in [0, 0.1) is 17.2 Å². The molecule has 5 rings (SSSR count). The molecular weight excluding hydrogens is 519 g/mol. The zero-order valence-electron chi connectivity index (χ0n) is 21.0. The molecule has 0 saturated heterocycles. The fourth-order valence-electron chi connectivity index (χ4n) is 5.14. The van der Waals surface area contributed by atoms with E-state index in [2.05, 4.69) is 28.7 Å². The fourth-order valence-corrected chi connectivity index (χ4v) is 6.50. The number of hydrogen-bond donors (Lipinski definition) is 2. The predicted molar refractivity (Wildman–Crippen MR) is 136 cm³/mol. The van der Waals surface area contributed by atoms with E-state index in [9.17, 15) is 23.2 Å². The first-order valence-corrected chi connectivity index (χ1v) is 12.9. The first-order chi connectivity index (χ1) is 18.1. The molecule has 3 heterocycles. The van der Waals surface area contributed by atoms with Crippen LogP contribution in [0.4, 0.5) is 24.0 Å². The van der Waals surface area contributed by atoms with E-state index in [-0.39, 0.29) is 17.8 Å². The molecule has 1 aliphatic heterocycles. The van der Waals surface area contributed by atoms with Crippen LogP contribution < -0.4 is 20.1 Å². The number of methoxy groups -OCH3 is 2. The number of nitriles is 1. The number of carbonyl (C=O) groups is 1. The Morgan fingerprint density at radius 1 is 1.29 bits per heavy atom. The second-order valence-corrected chi connectivity index (χ2v) is 10.7. The lowest BCUT2D eigenvalue weighted by Gasteiger charge is -2.34. The number of hydrogen-bond acceptors (Lipinski definition) is 7. The maximum absolute atomic E-state index is 14.1. The van der Waals surface area contributed by atoms with Crippen LogP contribution >= 0.6 is 11.3 Å². The molecule has 1 aromatic carbocycles. The van der Waals surface area contributed by atoms with Crippen molar-refractivity contribution in [2.24, 2.45) is 5.92 Å². The van der Waals surface area contributed by atoms with Gasteiger partial charge in [-0.05, 0) is 48.4 Å². The molecule has 0 fully saturated rings. The number of carbonyl (C=O) groups excluding carboxylic acids is 1. The van der Waals surface area contributed by atoms with Crippen molar-refractivity contribution in [3.05, 3.63) is 51.5 Å². The molecule has 1 amide bonds. The molecular formula is C26H26F3N5O3S. The highest BCUT2D eigenvalue weighted by molar-refractivity contribution is 7.16. The predicted octanol–water partition coefficient (Wildman–Crippen LogP) is 5.87. The van der Waals surface area contributed by atoms with Gasteiger partial charge in [0.05, 0.1) is 32.0 Å². The molecule has 0 saturated carbocycles. The van der Waals surface area contributed by atoms with Crippen molar-refractivity contribution in [2.75, 3.05) is 24.9 Å². The fraction of sp³-hybridized carbons (Fsp3) is 0.423. The van der Waals surface area contributed by atoms with Gasteiger partial charge in [0.15, 0.2) is 17.5 Å². The molecule has 2 aromatic heterocycles. The Kier molecular flexibility index (Phi) is 6.73. The summed E-state index contributed by atoms with van der Waals surface area (Å²) >= 11 is 1.36. The summed E-state index contributed by atoms with van der Waals surface area (Å²) in [6.45, 7) is 2.14. The highest BCUT2D eigenvalue weighted by atomic mass is 32.1. The van der Waals surface area contributed by atoms with Crippen molar-refractivity contribution in [1.29, 1.82) is 5.26 Å². The number of halogens is 3. The molecule has 38 heavy (non-hydrogen) atoms. The third-order valence-corrected chi connectivity index (χ3v) is 8.31. The zero-order valence-corrected chi connectivity index (χ0v) is 21.8. The van der Waals surface area contributed by atoms with E-state index in [0.29, 0.717) is 33.5 Å². The van der Waals surface area contributed by atoms with Crippen LogP contribution in [0.2, 0.25) is 0 Å². The number of rotatable bonds is 5. The minimum absolute atomic E-state index is 0.0342. The number of ether oxygens (including phenoxy) is 2. The van der Waals surface area contributed by atoms with Crippen LogP contribution in [0.5, 0.6) is 11.5 Å². The summed E-state index contributed by atoms with van der Waals surface area (Å²) in [5.41, 5.74) is 1.89. The average molecular weight is 546 g/mol. The van der Waals surface area contributed by atoms with Crippen LogP contribution in [0.15, 0.2) is 24.4 Å². The Morgan fingerprint density at radius 3 is 2.74 bits per heavy atom. The molecule has 0 spiro atoms. The number of thiophene rings is 1. The van der Waals surface area contributed by atoms with Crippen LogP contribution in [0.1, 0.15) is 63.8 Å². The van der Waals surface area contributed by atoms with Crippen LogP contribution in [0.3, 0.4) is 0 Å². The number of anilines is 2. The maximum Gasteiger partial charge on any atom is 0.410 e. The molecule has 3 atom stereocenters. The van der Waals surface area contributed by atoms with E-state index in [4.69, 9.17) is 9.47 Å². The van der Waals surface area contributed by atoms with Gasteiger partial charge < -0.3 is 20.1 Å². The Hall–Kier alpha value is -3.72. The molecule has 0 unspecified atom stereocenters. The second kappa shape index (κ2) is 9.87. The lowest BCUT2D eigenvalue weighted by Crippen LogP contribution is -2.36. The third kappa shape index (κ3) is 4.55. The minimum Gasteiger partial charge on any atom is -0.493 e. The summed E-state index contributed by atoms with van der Waals surface area (Å²) in [6, 6.07) is 4.38. The Bertz CT molecular complexity index is 1420. The van der Waals surface area contributed by atoms with Gasteiger partial charge in [-0.15, -0.1) is 11.3 Å². The van der Waals surface area contributed by atoms with Gasteiger partial charge in [-0.3, -0.25) is 4.79 Å². The van der Waals surface area contributed by atoms with E-state index in [1.807, 2.05) is 0 Å². The molecule has 8 nitrogen and oxygen atoms in total. The van der Waals surface area contributed by atoms with Gasteiger partial charge in [-0.2, -0.15) is 23.5 Å². The number of nitrogens with one attached hydrogen (secondary N) is 2. The number of benzene rings is 1. The minimum atomic E-state index is -4.59. The van der Waals surface area contributed by atoms with Crippen molar-refractivity contribution in [1.82, 2.24) is 9.78 Å². The van der Waals surface area contributed by atoms with E-state index < -0.39 is 24.2 Å². The number of aromatic nitrogens is 2. The van der Waals surface area contributed by atoms with Crippen LogP contribution in [0.25, 0.3) is 0 Å². The van der Waals surface area contributed by atoms with E-state index >= 15 is 0 Å². The molecule has 2 N–H and O–H groups in total. The van der Waals surface area contributed by atoms with Gasteiger partial charge in [0.25, 0.3) is 5.91 Å². The van der Waals surface area contributed by atoms with Crippen molar-refractivity contribution >= 4 is 28.1 Å². The van der Waals surface area contributed by atoms with Gasteiger partial charge in [0.2, 0.25) is 0 Å². The average Bonchev–Trinajstić information content (AvgIpc) is 3.47. The smallest absolute Gasteiger partial charge is 0.410 e. The Morgan fingerprint density at radius 2 is 2.05 bits per heavy atom. The molecule has 1 aliphatic carbocycles. The van der Waals surface area contributed by atoms with Crippen molar-refractivity contribution in [3.8, 4) is 17.6 Å². The highest BCUT2D eigenvalue weighted by Gasteiger charge is 2.47. The maximum atomic E-state index is 14.1. The van der Waals surface area contributed by atoms with Crippen molar-refractivity contribution < 1.29 is 27.4 Å². The topological polar surface area (TPSA) is 101 Å². The largest absolute Gasteiger partial charge is 0.493 e. The third-order valence-electron chi connectivity index (χ3n) is 7.14. The van der Waals surface area contributed by atoms with Gasteiger partial charge in [-0.25, -0.2) is 4.68 Å². The quantitative estimate of drug-likeness (QED) is 0.416. The van der Waals surface area contributed by atoms with Crippen LogP contribution in [-0.2, 0) is 12.8 Å². The lowest BCUT2D eigenvalue weighted by atomic mass is 9.88. The number of alkyl halides is 3. The van der Waals surface area contributed by atoms with E-state index in [1.54, 1.807) is 18.2 Å². The first-order valence-electron chi connectivity index (χ1n) is 12.1. The summed E-state index contributed by atoms with van der Waals surface area (Å²) in [4.78, 5) is 14.4. The zero-order chi connectivity index (χ0) is 27.2. The first kappa shape index (κ1) is 25.9. The summed E-state index contributed by atoms with van der Waals surface area (Å²) in [7, 11) is 2.92. The van der Waals surface area contributed by atoms with Crippen molar-refractivity contribution in [2.45, 2.75) is 50.9 Å². The normalized spacial score (nSPS) is 20.5. The molecule has 0 bridgehead atoms. The molecule has 0 radical (unpaired) electrons. The summed E-state index contributed by atoms with van der Waals surface area (Å²) in [5, 5.41) is 20.0. The molecule has 2 aliphatic rings. The molecule has 12 heteroatoms. The van der Waals surface area contributed by atoms with Gasteiger partial charge in [-0.1, -0.05) is 13.0 Å². The highest BCUT2D eigenvalue weighted by Crippen LogP contribution is 2.46. The monoisotopic (exact) mass is 545 g/mol. The van der Waals surface area contributed by atoms with E-state index in [1.165, 1.54) is 25.6 Å². The second-order valence-electron chi connectivity index (χ2n) is 9.58. The van der Waals surface area contributed by atoms with Gasteiger partial charge in [0.1, 0.15) is 22.5 Å². The number of amides is 1. The number of fused-ring (bicyclic) bond motifs is 2. The van der Waals surface area contributed by atoms with Gasteiger partial charge >= 0.3 is 6.18 Å². The SMILES string of the molecule is COc1ccc([C@@H]2C[C@@H](C(F)(F)F)n3ncc(C(=O)Nc4sc5c(c4C#N)CC[C@@H](C)C5)c3N2)cc1OC. The van der Waals surface area contributed by atoms with E-state index in [0.717, 1.165) is 40.6 Å². The molecule has 3 aromatic rings. The molecule has 200 valence electrons. The summed E-state index contributed by atoms with van der Waals surface area (Å²) in [5.74, 6) is 0.648. The summed E-state index contributed by atoms with van der Waals surface area (Å²) in [6.07, 6.45) is -1.24.